The highest BCUT2D eigenvalue weighted by Gasteiger charge is 2.18. The molecule has 2 heterocycles. The summed E-state index contributed by atoms with van der Waals surface area (Å²) in [6.07, 6.45) is 11.8. The van der Waals surface area contributed by atoms with E-state index >= 15 is 0 Å². The van der Waals surface area contributed by atoms with Crippen LogP contribution in [-0.2, 0) is 4.79 Å². The first-order chi connectivity index (χ1) is 11.3. The number of hydrogen-bond acceptors (Lipinski definition) is 3. The molecule has 0 atom stereocenters. The van der Waals surface area contributed by atoms with Crippen LogP contribution in [0, 0.1) is 5.92 Å². The smallest absolute Gasteiger partial charge is 0.225 e. The Bertz CT molecular complexity index is 485. The van der Waals surface area contributed by atoms with Crippen molar-refractivity contribution in [1.82, 2.24) is 15.5 Å². The fraction of sp³-hybridized carbons (Fsp3) is 0.778. The van der Waals surface area contributed by atoms with Gasteiger partial charge >= 0.3 is 0 Å². The van der Waals surface area contributed by atoms with Crippen LogP contribution >= 0.6 is 0 Å². The summed E-state index contributed by atoms with van der Waals surface area (Å²) < 4.78 is 0. The van der Waals surface area contributed by atoms with Gasteiger partial charge in [-0.2, -0.15) is 5.10 Å². The highest BCUT2D eigenvalue weighted by molar-refractivity contribution is 5.89. The molecule has 3 rings (SSSR count). The zero-order valence-electron chi connectivity index (χ0n) is 14.1. The largest absolute Gasteiger partial charge is 0.317 e. The number of nitrogens with zero attached hydrogens (tertiary/aromatic N) is 1. The molecule has 2 fully saturated rings. The molecule has 0 unspecified atom stereocenters. The van der Waals surface area contributed by atoms with E-state index in [1.165, 1.54) is 57.1 Å². The Morgan fingerprint density at radius 1 is 1.13 bits per heavy atom. The molecule has 128 valence electrons. The number of hydrogen-bond donors (Lipinski definition) is 3. The summed E-state index contributed by atoms with van der Waals surface area (Å²) >= 11 is 0. The first-order valence-corrected chi connectivity index (χ1v) is 9.37. The van der Waals surface area contributed by atoms with Crippen LogP contribution in [0.5, 0.6) is 0 Å². The molecule has 5 nitrogen and oxygen atoms in total. The van der Waals surface area contributed by atoms with Gasteiger partial charge in [0.05, 0.1) is 0 Å². The molecule has 1 aliphatic carbocycles. The van der Waals surface area contributed by atoms with Gasteiger partial charge in [0, 0.05) is 24.1 Å². The first-order valence-electron chi connectivity index (χ1n) is 9.37. The molecule has 0 aromatic carbocycles. The first kappa shape index (κ1) is 16.5. The normalized spacial score (nSPS) is 21.0. The average Bonchev–Trinajstić information content (AvgIpc) is 2.86. The van der Waals surface area contributed by atoms with Crippen molar-refractivity contribution < 1.29 is 4.79 Å². The highest BCUT2D eigenvalue weighted by Crippen LogP contribution is 2.31. The van der Waals surface area contributed by atoms with Crippen LogP contribution in [0.3, 0.4) is 0 Å². The summed E-state index contributed by atoms with van der Waals surface area (Å²) in [5, 5.41) is 13.8. The average molecular weight is 318 g/mol. The summed E-state index contributed by atoms with van der Waals surface area (Å²) in [4.78, 5) is 12.1. The number of aromatic amines is 1. The maximum atomic E-state index is 12.1. The molecule has 1 aromatic rings. The van der Waals surface area contributed by atoms with Crippen molar-refractivity contribution in [3.05, 3.63) is 11.8 Å². The molecule has 1 aliphatic heterocycles. The Kier molecular flexibility index (Phi) is 6.08. The molecule has 0 radical (unpaired) electrons. The van der Waals surface area contributed by atoms with E-state index in [1.807, 2.05) is 6.07 Å². The van der Waals surface area contributed by atoms with Gasteiger partial charge in [-0.05, 0) is 51.1 Å². The number of carbonyl (C=O) groups excluding carboxylic acids is 1. The van der Waals surface area contributed by atoms with Crippen LogP contribution < -0.4 is 10.6 Å². The number of anilines is 1. The van der Waals surface area contributed by atoms with Gasteiger partial charge in [0.1, 0.15) is 0 Å². The topological polar surface area (TPSA) is 69.8 Å². The summed E-state index contributed by atoms with van der Waals surface area (Å²) in [6, 6.07) is 2.04. The lowest BCUT2D eigenvalue weighted by Crippen LogP contribution is -2.28. The second kappa shape index (κ2) is 8.48. The maximum absolute atomic E-state index is 12.1. The molecule has 3 N–H and O–H groups in total. The van der Waals surface area contributed by atoms with Crippen molar-refractivity contribution in [3.8, 4) is 0 Å². The fourth-order valence-electron chi connectivity index (χ4n) is 3.91. The van der Waals surface area contributed by atoms with Crippen molar-refractivity contribution in [2.45, 2.75) is 70.1 Å². The third-order valence-electron chi connectivity index (χ3n) is 5.40. The standard InChI is InChI=1S/C18H30N4O/c23-18(8-7-14-9-11-19-12-10-14)20-17-13-16(21-22-17)15-5-3-1-2-4-6-15/h13-15,19H,1-12H2,(H2,20,21,22,23). The van der Waals surface area contributed by atoms with Crippen LogP contribution in [0.15, 0.2) is 6.07 Å². The van der Waals surface area contributed by atoms with Gasteiger partial charge in [0.2, 0.25) is 5.91 Å². The zero-order chi connectivity index (χ0) is 15.9. The molecule has 2 aliphatic rings. The van der Waals surface area contributed by atoms with Crippen LogP contribution in [0.4, 0.5) is 5.82 Å². The minimum Gasteiger partial charge on any atom is -0.317 e. The van der Waals surface area contributed by atoms with Gasteiger partial charge in [0.15, 0.2) is 5.82 Å². The van der Waals surface area contributed by atoms with E-state index in [2.05, 4.69) is 20.8 Å². The van der Waals surface area contributed by atoms with E-state index in [4.69, 9.17) is 0 Å². The third kappa shape index (κ3) is 5.06. The van der Waals surface area contributed by atoms with E-state index in [9.17, 15) is 4.79 Å². The highest BCUT2D eigenvalue weighted by atomic mass is 16.1. The van der Waals surface area contributed by atoms with Crippen molar-refractivity contribution in [2.75, 3.05) is 18.4 Å². The summed E-state index contributed by atoms with van der Waals surface area (Å²) in [7, 11) is 0. The van der Waals surface area contributed by atoms with Crippen molar-refractivity contribution in [3.63, 3.8) is 0 Å². The lowest BCUT2D eigenvalue weighted by atomic mass is 9.93. The van der Waals surface area contributed by atoms with Gasteiger partial charge in [-0.3, -0.25) is 9.89 Å². The van der Waals surface area contributed by atoms with Gasteiger partial charge in [-0.15, -0.1) is 0 Å². The molecule has 5 heteroatoms. The molecular weight excluding hydrogens is 288 g/mol. The number of carbonyl (C=O) groups is 1. The molecular formula is C18H30N4O. The molecule has 1 aromatic heterocycles. The van der Waals surface area contributed by atoms with E-state index in [1.54, 1.807) is 0 Å². The fourth-order valence-corrected chi connectivity index (χ4v) is 3.91. The molecule has 0 bridgehead atoms. The molecule has 23 heavy (non-hydrogen) atoms. The number of H-pyrrole nitrogens is 1. The van der Waals surface area contributed by atoms with Gasteiger partial charge < -0.3 is 10.6 Å². The molecule has 1 saturated heterocycles. The Morgan fingerprint density at radius 2 is 1.87 bits per heavy atom. The van der Waals surface area contributed by atoms with Gasteiger partial charge in [-0.25, -0.2) is 0 Å². The van der Waals surface area contributed by atoms with E-state index in [-0.39, 0.29) is 5.91 Å². The quantitative estimate of drug-likeness (QED) is 0.727. The molecule has 1 amide bonds. The monoisotopic (exact) mass is 318 g/mol. The van der Waals surface area contributed by atoms with E-state index < -0.39 is 0 Å². The van der Waals surface area contributed by atoms with Crippen LogP contribution in [0.1, 0.15) is 75.8 Å². The van der Waals surface area contributed by atoms with E-state index in [0.717, 1.165) is 19.5 Å². The summed E-state index contributed by atoms with van der Waals surface area (Å²) in [6.45, 7) is 2.19. The Balaban J connectivity index is 1.45. The maximum Gasteiger partial charge on any atom is 0.225 e. The summed E-state index contributed by atoms with van der Waals surface area (Å²) in [5.41, 5.74) is 1.19. The number of rotatable bonds is 5. The summed E-state index contributed by atoms with van der Waals surface area (Å²) in [5.74, 6) is 2.08. The Labute approximate surface area is 139 Å². The van der Waals surface area contributed by atoms with Crippen molar-refractivity contribution >= 4 is 11.7 Å². The van der Waals surface area contributed by atoms with Gasteiger partial charge in [0.25, 0.3) is 0 Å². The van der Waals surface area contributed by atoms with Gasteiger partial charge in [-0.1, -0.05) is 25.7 Å². The van der Waals surface area contributed by atoms with E-state index in [0.29, 0.717) is 24.1 Å². The second-order valence-electron chi connectivity index (χ2n) is 7.18. The lowest BCUT2D eigenvalue weighted by molar-refractivity contribution is -0.116. The molecule has 0 spiro atoms. The predicted molar refractivity (Wildman–Crippen MR) is 92.5 cm³/mol. The minimum absolute atomic E-state index is 0.0995. The van der Waals surface area contributed by atoms with Crippen molar-refractivity contribution in [2.24, 2.45) is 5.92 Å². The van der Waals surface area contributed by atoms with Crippen molar-refractivity contribution in [1.29, 1.82) is 0 Å². The van der Waals surface area contributed by atoms with Crippen LogP contribution in [0.2, 0.25) is 0 Å². The predicted octanol–water partition coefficient (Wildman–Crippen LogP) is 3.57. The lowest BCUT2D eigenvalue weighted by Gasteiger charge is -2.21. The number of nitrogens with one attached hydrogen (secondary N) is 3. The number of piperidine rings is 1. The zero-order valence-corrected chi connectivity index (χ0v) is 14.1. The Morgan fingerprint density at radius 3 is 2.61 bits per heavy atom. The Hall–Kier alpha value is -1.36. The van der Waals surface area contributed by atoms with Crippen LogP contribution in [-0.4, -0.2) is 29.2 Å². The minimum atomic E-state index is 0.0995. The SMILES string of the molecule is O=C(CCC1CCNCC1)Nc1cc(C2CCCCCC2)[nH]n1. The second-order valence-corrected chi connectivity index (χ2v) is 7.18. The molecule has 1 saturated carbocycles. The number of aromatic nitrogens is 2. The number of amides is 1. The third-order valence-corrected chi connectivity index (χ3v) is 5.40. The van der Waals surface area contributed by atoms with Crippen LogP contribution in [0.25, 0.3) is 0 Å².